The fraction of sp³-hybridized carbons (Fsp3) is 0.296. The molecule has 202 valence electrons. The van der Waals surface area contributed by atoms with Gasteiger partial charge >= 0.3 is 6.01 Å². The molecule has 1 saturated heterocycles. The minimum atomic E-state index is -1.04. The number of amides is 1. The maximum absolute atomic E-state index is 13.2. The first kappa shape index (κ1) is 26.1. The monoisotopic (exact) mass is 530 g/mol. The highest BCUT2D eigenvalue weighted by Gasteiger charge is 2.28. The smallest absolute Gasteiger partial charge is 0.317 e. The fourth-order valence-corrected chi connectivity index (χ4v) is 4.21. The second kappa shape index (κ2) is 12.3. The van der Waals surface area contributed by atoms with Crippen LogP contribution in [-0.2, 0) is 14.3 Å². The van der Waals surface area contributed by atoms with Gasteiger partial charge in [0.25, 0.3) is 11.8 Å². The van der Waals surface area contributed by atoms with Gasteiger partial charge in [0.15, 0.2) is 0 Å². The van der Waals surface area contributed by atoms with Crippen molar-refractivity contribution in [2.24, 2.45) is 4.99 Å². The Labute approximate surface area is 225 Å². The van der Waals surface area contributed by atoms with Crippen LogP contribution in [0.4, 0.5) is 11.7 Å². The van der Waals surface area contributed by atoms with E-state index in [1.807, 2.05) is 59.5 Å². The van der Waals surface area contributed by atoms with E-state index in [2.05, 4.69) is 26.1 Å². The average molecular weight is 531 g/mol. The standard InChI is InChI=1S/C27H30N8O4/c1-37-14-11-29-17-20(23(28)35-12-15-38-16-13-35)26-33-34-27(39-26)32-24-25(36)30-21-10-6-5-9-19(21)22(31-24)18-7-3-2-4-8-18/h2-10,17,24,28-29H,11-16H2,1H3,(H,30,36)(H,32,34)/b20-17+,28-23?/t24-/m1/s1. The summed E-state index contributed by atoms with van der Waals surface area (Å²) in [6.45, 7) is 3.25. The van der Waals surface area contributed by atoms with Crippen molar-refractivity contribution >= 4 is 34.7 Å². The number of nitrogens with zero attached hydrogens (tertiary/aromatic N) is 4. The number of morpholine rings is 1. The van der Waals surface area contributed by atoms with Crippen LogP contribution < -0.4 is 16.0 Å². The molecule has 1 fully saturated rings. The molecule has 0 bridgehead atoms. The topological polar surface area (TPSA) is 150 Å². The number of methoxy groups -OCH3 is 1. The number of carbonyl (C=O) groups is 1. The molecule has 1 amide bonds. The van der Waals surface area contributed by atoms with Crippen molar-refractivity contribution in [2.75, 3.05) is 57.2 Å². The van der Waals surface area contributed by atoms with E-state index >= 15 is 0 Å². The van der Waals surface area contributed by atoms with Crippen LogP contribution in [0.1, 0.15) is 17.0 Å². The second-order valence-electron chi connectivity index (χ2n) is 8.79. The number of anilines is 2. The zero-order valence-corrected chi connectivity index (χ0v) is 21.5. The second-order valence-corrected chi connectivity index (χ2v) is 8.79. The van der Waals surface area contributed by atoms with Crippen molar-refractivity contribution in [1.82, 2.24) is 20.4 Å². The van der Waals surface area contributed by atoms with Crippen LogP contribution >= 0.6 is 0 Å². The number of benzene rings is 2. The lowest BCUT2D eigenvalue weighted by atomic mass is 10.0. The third-order valence-electron chi connectivity index (χ3n) is 6.19. The summed E-state index contributed by atoms with van der Waals surface area (Å²) < 4.78 is 16.4. The lowest BCUT2D eigenvalue weighted by molar-refractivity contribution is -0.116. The van der Waals surface area contributed by atoms with E-state index in [9.17, 15) is 4.79 Å². The molecule has 0 saturated carbocycles. The number of benzodiazepines with no additional fused rings is 1. The van der Waals surface area contributed by atoms with E-state index in [1.54, 1.807) is 13.3 Å². The van der Waals surface area contributed by atoms with Crippen molar-refractivity contribution < 1.29 is 18.7 Å². The van der Waals surface area contributed by atoms with Crippen molar-refractivity contribution in [2.45, 2.75) is 6.17 Å². The Bertz CT molecular complexity index is 1360. The number of hydrogen-bond acceptors (Lipinski definition) is 10. The molecule has 1 atom stereocenters. The minimum Gasteiger partial charge on any atom is -0.403 e. The lowest BCUT2D eigenvalue weighted by Crippen LogP contribution is -2.41. The third kappa shape index (κ3) is 6.13. The maximum Gasteiger partial charge on any atom is 0.317 e. The number of para-hydroxylation sites is 1. The quantitative estimate of drug-likeness (QED) is 0.185. The van der Waals surface area contributed by atoms with Gasteiger partial charge in [-0.2, -0.15) is 0 Å². The normalized spacial score (nSPS) is 17.5. The SMILES string of the molecule is COCCN/C=C(\C(=N)N1CCOCC1)c1nnc(N[C@H]2N=C(c3ccccc3)c3ccccc3NC2=O)o1. The molecule has 12 nitrogen and oxygen atoms in total. The molecule has 3 aromatic rings. The molecular weight excluding hydrogens is 500 g/mol. The summed E-state index contributed by atoms with van der Waals surface area (Å²) in [6.07, 6.45) is 0.626. The van der Waals surface area contributed by atoms with E-state index < -0.39 is 6.17 Å². The van der Waals surface area contributed by atoms with Gasteiger partial charge in [-0.1, -0.05) is 53.6 Å². The van der Waals surface area contributed by atoms with Gasteiger partial charge in [0.05, 0.1) is 36.8 Å². The van der Waals surface area contributed by atoms with Crippen LogP contribution in [0, 0.1) is 5.41 Å². The van der Waals surface area contributed by atoms with Gasteiger partial charge in [-0.05, 0) is 6.07 Å². The van der Waals surface area contributed by atoms with Gasteiger partial charge in [0.1, 0.15) is 5.84 Å². The molecule has 5 rings (SSSR count). The largest absolute Gasteiger partial charge is 0.403 e. The molecule has 0 aliphatic carbocycles. The molecule has 2 aromatic carbocycles. The molecule has 1 aromatic heterocycles. The molecule has 0 spiro atoms. The Morgan fingerprint density at radius 3 is 2.72 bits per heavy atom. The van der Waals surface area contributed by atoms with Gasteiger partial charge in [0, 0.05) is 44.1 Å². The van der Waals surface area contributed by atoms with Gasteiger partial charge in [-0.3, -0.25) is 10.2 Å². The summed E-state index contributed by atoms with van der Waals surface area (Å²) >= 11 is 0. The van der Waals surface area contributed by atoms with Crippen LogP contribution in [0.25, 0.3) is 5.57 Å². The number of ether oxygens (including phenoxy) is 2. The molecule has 12 heteroatoms. The van der Waals surface area contributed by atoms with Gasteiger partial charge < -0.3 is 34.7 Å². The molecule has 0 unspecified atom stereocenters. The Hall–Kier alpha value is -4.55. The fourth-order valence-electron chi connectivity index (χ4n) is 4.21. The number of aromatic nitrogens is 2. The van der Waals surface area contributed by atoms with Crippen molar-refractivity contribution in [1.29, 1.82) is 5.41 Å². The highest BCUT2D eigenvalue weighted by atomic mass is 16.5. The highest BCUT2D eigenvalue weighted by Crippen LogP contribution is 2.25. The lowest BCUT2D eigenvalue weighted by Gasteiger charge is -2.29. The predicted octanol–water partition coefficient (Wildman–Crippen LogP) is 2.18. The van der Waals surface area contributed by atoms with Crippen LogP contribution in [0.5, 0.6) is 0 Å². The Balaban J connectivity index is 1.42. The number of fused-ring (bicyclic) bond motifs is 1. The zero-order chi connectivity index (χ0) is 27.0. The summed E-state index contributed by atoms with van der Waals surface area (Å²) in [5.74, 6) is -0.0138. The number of nitrogens with one attached hydrogen (secondary N) is 4. The molecule has 4 N–H and O–H groups in total. The Morgan fingerprint density at radius 2 is 1.92 bits per heavy atom. The highest BCUT2D eigenvalue weighted by molar-refractivity contribution is 6.20. The molecule has 39 heavy (non-hydrogen) atoms. The van der Waals surface area contributed by atoms with Crippen LogP contribution in [-0.4, -0.2) is 85.3 Å². The number of rotatable bonds is 9. The summed E-state index contributed by atoms with van der Waals surface area (Å²) in [5, 5.41) is 26.1. The van der Waals surface area contributed by atoms with Crippen LogP contribution in [0.15, 0.2) is 70.2 Å². The summed E-state index contributed by atoms with van der Waals surface area (Å²) in [5.41, 5.74) is 3.40. The molecule has 0 radical (unpaired) electrons. The first-order chi connectivity index (χ1) is 19.1. The Morgan fingerprint density at radius 1 is 1.15 bits per heavy atom. The third-order valence-corrected chi connectivity index (χ3v) is 6.19. The van der Waals surface area contributed by atoms with Gasteiger partial charge in [-0.25, -0.2) is 4.99 Å². The van der Waals surface area contributed by atoms with Crippen molar-refractivity contribution in [3.8, 4) is 0 Å². The average Bonchev–Trinajstić information content (AvgIpc) is 3.39. The van der Waals surface area contributed by atoms with Gasteiger partial charge in [0.2, 0.25) is 6.17 Å². The molecule has 2 aliphatic heterocycles. The van der Waals surface area contributed by atoms with E-state index in [0.717, 1.165) is 11.1 Å². The summed E-state index contributed by atoms with van der Waals surface area (Å²) in [7, 11) is 1.62. The summed E-state index contributed by atoms with van der Waals surface area (Å²) in [4.78, 5) is 19.8. The number of amidine groups is 1. The van der Waals surface area contributed by atoms with Gasteiger partial charge in [-0.15, -0.1) is 5.10 Å². The minimum absolute atomic E-state index is 0.00448. The molecule has 2 aliphatic rings. The van der Waals surface area contributed by atoms with E-state index in [4.69, 9.17) is 24.3 Å². The predicted molar refractivity (Wildman–Crippen MR) is 147 cm³/mol. The maximum atomic E-state index is 13.2. The zero-order valence-electron chi connectivity index (χ0n) is 21.5. The summed E-state index contributed by atoms with van der Waals surface area (Å²) in [6, 6.07) is 17.2. The first-order valence-corrected chi connectivity index (χ1v) is 12.6. The molecular formula is C27H30N8O4. The van der Waals surface area contributed by atoms with E-state index in [0.29, 0.717) is 56.4 Å². The van der Waals surface area contributed by atoms with E-state index in [-0.39, 0.29) is 23.6 Å². The van der Waals surface area contributed by atoms with Crippen molar-refractivity contribution in [3.05, 3.63) is 77.8 Å². The van der Waals surface area contributed by atoms with Crippen LogP contribution in [0.2, 0.25) is 0 Å². The number of carbonyl (C=O) groups excluding carboxylic acids is 1. The number of aliphatic imine (C=N–C) groups is 1. The first-order valence-electron chi connectivity index (χ1n) is 12.6. The molecule has 3 heterocycles. The Kier molecular flexibility index (Phi) is 8.24. The van der Waals surface area contributed by atoms with Crippen LogP contribution in [0.3, 0.4) is 0 Å². The number of hydrogen-bond donors (Lipinski definition) is 4. The van der Waals surface area contributed by atoms with Crippen molar-refractivity contribution in [3.63, 3.8) is 0 Å². The van der Waals surface area contributed by atoms with E-state index in [1.165, 1.54) is 0 Å².